The molecule has 0 atom stereocenters. The molecule has 0 saturated carbocycles. The van der Waals surface area contributed by atoms with Gasteiger partial charge in [0, 0.05) is 9.86 Å². The molecular weight excluding hydrogens is 296 g/mol. The third kappa shape index (κ3) is 1.92. The van der Waals surface area contributed by atoms with Crippen LogP contribution in [0.3, 0.4) is 0 Å². The summed E-state index contributed by atoms with van der Waals surface area (Å²) >= 11 is 3.58. The number of halogens is 1. The maximum absolute atomic E-state index is 11.1. The second-order valence-corrected chi connectivity index (χ2v) is 6.14. The van der Waals surface area contributed by atoms with E-state index in [0.717, 1.165) is 20.1 Å². The Morgan fingerprint density at radius 2 is 2.00 bits per heavy atom. The van der Waals surface area contributed by atoms with Crippen LogP contribution in [0, 0.1) is 6.92 Å². The Morgan fingerprint density at radius 1 is 1.39 bits per heavy atom. The normalized spacial score (nSPS) is 12.1. The Balaban J connectivity index is 2.85. The van der Waals surface area contributed by atoms with Crippen molar-refractivity contribution in [2.45, 2.75) is 33.1 Å². The summed E-state index contributed by atoms with van der Waals surface area (Å²) in [5.74, 6) is 0. The summed E-state index contributed by atoms with van der Waals surface area (Å²) in [7, 11) is 0. The lowest BCUT2D eigenvalue weighted by Gasteiger charge is -2.21. The number of nitrogens with zero attached hydrogens (tertiary/aromatic N) is 2. The van der Waals surface area contributed by atoms with Gasteiger partial charge in [0.15, 0.2) is 0 Å². The lowest BCUT2D eigenvalue weighted by molar-refractivity contribution is 0.194. The fourth-order valence-corrected chi connectivity index (χ4v) is 3.28. The molecule has 5 heteroatoms. The van der Waals surface area contributed by atoms with E-state index in [4.69, 9.17) is 5.11 Å². The van der Waals surface area contributed by atoms with Crippen LogP contribution in [0.2, 0.25) is 0 Å². The van der Waals surface area contributed by atoms with Crippen LogP contribution in [-0.2, 0) is 5.41 Å². The van der Waals surface area contributed by atoms with Gasteiger partial charge in [-0.15, -0.1) is 0 Å². The van der Waals surface area contributed by atoms with E-state index in [0.29, 0.717) is 11.2 Å². The summed E-state index contributed by atoms with van der Waals surface area (Å²) in [6.45, 7) is 8.18. The first-order valence-corrected chi connectivity index (χ1v) is 6.44. The van der Waals surface area contributed by atoms with E-state index < -0.39 is 6.09 Å². The van der Waals surface area contributed by atoms with Crippen LogP contribution < -0.4 is 0 Å². The minimum atomic E-state index is -1.07. The van der Waals surface area contributed by atoms with Crippen LogP contribution >= 0.6 is 15.9 Å². The molecule has 0 aliphatic heterocycles. The maximum atomic E-state index is 11.1. The van der Waals surface area contributed by atoms with Gasteiger partial charge in [-0.2, -0.15) is 9.78 Å². The molecule has 4 nitrogen and oxygen atoms in total. The molecule has 2 aromatic rings. The van der Waals surface area contributed by atoms with Gasteiger partial charge in [-0.25, -0.2) is 4.79 Å². The first-order valence-electron chi connectivity index (χ1n) is 5.65. The van der Waals surface area contributed by atoms with E-state index in [9.17, 15) is 4.79 Å². The van der Waals surface area contributed by atoms with Crippen molar-refractivity contribution in [3.8, 4) is 0 Å². The minimum Gasteiger partial charge on any atom is -0.463 e. The van der Waals surface area contributed by atoms with Gasteiger partial charge in [-0.3, -0.25) is 0 Å². The molecule has 1 heterocycles. The fourth-order valence-electron chi connectivity index (χ4n) is 2.07. The number of aryl methyl sites for hydroxylation is 1. The number of aromatic nitrogens is 2. The zero-order chi connectivity index (χ0) is 13.7. The van der Waals surface area contributed by atoms with Crippen LogP contribution in [0.4, 0.5) is 4.79 Å². The largest absolute Gasteiger partial charge is 0.463 e. The van der Waals surface area contributed by atoms with Crippen LogP contribution in [0.25, 0.3) is 10.9 Å². The summed E-state index contributed by atoms with van der Waals surface area (Å²) in [6, 6.07) is 3.77. The lowest BCUT2D eigenvalue weighted by atomic mass is 9.86. The molecule has 0 bridgehead atoms. The van der Waals surface area contributed by atoms with Gasteiger partial charge in [0.2, 0.25) is 0 Å². The average Bonchev–Trinajstić information content (AvgIpc) is 2.55. The van der Waals surface area contributed by atoms with Gasteiger partial charge < -0.3 is 5.11 Å². The third-order valence-corrected chi connectivity index (χ3v) is 3.77. The van der Waals surface area contributed by atoms with Gasteiger partial charge in [0.25, 0.3) is 0 Å². The number of carbonyl (C=O) groups is 1. The number of fused-ring (bicyclic) bond motifs is 1. The molecule has 0 spiro atoms. The van der Waals surface area contributed by atoms with E-state index in [1.807, 2.05) is 19.1 Å². The van der Waals surface area contributed by atoms with Crippen molar-refractivity contribution in [2.24, 2.45) is 0 Å². The lowest BCUT2D eigenvalue weighted by Crippen LogP contribution is -2.12. The molecule has 0 fully saturated rings. The molecule has 1 aromatic carbocycles. The first-order chi connectivity index (χ1) is 8.23. The van der Waals surface area contributed by atoms with Gasteiger partial charge in [0.05, 0.1) is 11.2 Å². The Kier molecular flexibility index (Phi) is 2.97. The highest BCUT2D eigenvalue weighted by Crippen LogP contribution is 2.36. The molecule has 18 heavy (non-hydrogen) atoms. The smallest absolute Gasteiger partial charge is 0.432 e. The van der Waals surface area contributed by atoms with Crippen LogP contribution in [0.15, 0.2) is 16.6 Å². The zero-order valence-electron chi connectivity index (χ0n) is 10.8. The molecule has 0 amide bonds. The maximum Gasteiger partial charge on any atom is 0.432 e. The highest BCUT2D eigenvalue weighted by atomic mass is 79.9. The average molecular weight is 311 g/mol. The van der Waals surface area contributed by atoms with Crippen molar-refractivity contribution >= 4 is 32.9 Å². The molecule has 96 valence electrons. The number of hydrogen-bond acceptors (Lipinski definition) is 2. The number of hydrogen-bond donors (Lipinski definition) is 1. The van der Waals surface area contributed by atoms with E-state index in [-0.39, 0.29) is 5.41 Å². The quantitative estimate of drug-likeness (QED) is 0.802. The SMILES string of the molecule is Cc1nn(C(=O)O)c2ccc(C(C)(C)C)c(Br)c12. The van der Waals surface area contributed by atoms with Crippen LogP contribution in [0.5, 0.6) is 0 Å². The first kappa shape index (κ1) is 13.1. The molecule has 2 rings (SSSR count). The monoisotopic (exact) mass is 310 g/mol. The molecular formula is C13H15BrN2O2. The van der Waals surface area contributed by atoms with Crippen molar-refractivity contribution < 1.29 is 9.90 Å². The van der Waals surface area contributed by atoms with Crippen LogP contribution in [-0.4, -0.2) is 21.0 Å². The Morgan fingerprint density at radius 3 is 2.50 bits per heavy atom. The summed E-state index contributed by atoms with van der Waals surface area (Å²) in [4.78, 5) is 11.1. The summed E-state index contributed by atoms with van der Waals surface area (Å²) in [6.07, 6.45) is -1.07. The Labute approximate surface area is 114 Å². The summed E-state index contributed by atoms with van der Waals surface area (Å²) < 4.78 is 1.94. The standard InChI is InChI=1S/C13H15BrN2O2/c1-7-10-9(16(15-7)12(17)18)6-5-8(11(10)14)13(2,3)4/h5-6H,1-4H3,(H,17,18). The molecule has 0 aliphatic rings. The molecule has 1 aromatic heterocycles. The van der Waals surface area contributed by atoms with Gasteiger partial charge in [-0.1, -0.05) is 26.8 Å². The summed E-state index contributed by atoms with van der Waals surface area (Å²) in [5, 5.41) is 14.0. The Hall–Kier alpha value is -1.36. The van der Waals surface area contributed by atoms with Crippen molar-refractivity contribution in [2.75, 3.05) is 0 Å². The van der Waals surface area contributed by atoms with Crippen molar-refractivity contribution in [1.29, 1.82) is 0 Å². The van der Waals surface area contributed by atoms with Gasteiger partial charge in [0.1, 0.15) is 0 Å². The second-order valence-electron chi connectivity index (χ2n) is 5.35. The van der Waals surface area contributed by atoms with Crippen molar-refractivity contribution in [3.63, 3.8) is 0 Å². The second kappa shape index (κ2) is 4.09. The molecule has 1 N–H and O–H groups in total. The Bertz CT molecular complexity index is 638. The predicted octanol–water partition coefficient (Wildman–Crippen LogP) is 3.93. The van der Waals surface area contributed by atoms with Gasteiger partial charge in [-0.05, 0) is 39.9 Å². The van der Waals surface area contributed by atoms with Crippen LogP contribution in [0.1, 0.15) is 32.0 Å². The van der Waals surface area contributed by atoms with Gasteiger partial charge >= 0.3 is 6.09 Å². The number of rotatable bonds is 0. The molecule has 0 radical (unpaired) electrons. The van der Waals surface area contributed by atoms with E-state index in [1.54, 1.807) is 0 Å². The third-order valence-electron chi connectivity index (χ3n) is 2.95. The number of benzene rings is 1. The highest BCUT2D eigenvalue weighted by molar-refractivity contribution is 9.10. The van der Waals surface area contributed by atoms with E-state index in [2.05, 4.69) is 41.8 Å². The fraction of sp³-hybridized carbons (Fsp3) is 0.385. The van der Waals surface area contributed by atoms with E-state index >= 15 is 0 Å². The summed E-state index contributed by atoms with van der Waals surface area (Å²) in [5.41, 5.74) is 2.46. The molecule has 0 saturated heterocycles. The number of carboxylic acid groups (broad SMARTS) is 1. The molecule has 0 unspecified atom stereocenters. The highest BCUT2D eigenvalue weighted by Gasteiger charge is 2.22. The van der Waals surface area contributed by atoms with Crippen molar-refractivity contribution in [3.05, 3.63) is 27.9 Å². The molecule has 0 aliphatic carbocycles. The van der Waals surface area contributed by atoms with Crippen molar-refractivity contribution in [1.82, 2.24) is 9.78 Å². The zero-order valence-corrected chi connectivity index (χ0v) is 12.4. The minimum absolute atomic E-state index is 0.00914. The predicted molar refractivity (Wildman–Crippen MR) is 74.3 cm³/mol. The topological polar surface area (TPSA) is 55.1 Å². The van der Waals surface area contributed by atoms with E-state index in [1.165, 1.54) is 0 Å².